The summed E-state index contributed by atoms with van der Waals surface area (Å²) in [5.74, 6) is -0.438. The normalized spacial score (nSPS) is 15.6. The van der Waals surface area contributed by atoms with E-state index in [0.29, 0.717) is 33.1 Å². The third-order valence-electron chi connectivity index (χ3n) is 5.14. The second kappa shape index (κ2) is 9.18. The first-order valence-electron chi connectivity index (χ1n) is 9.90. The number of hydrogen-bond donors (Lipinski definition) is 1. The van der Waals surface area contributed by atoms with Gasteiger partial charge in [-0.3, -0.25) is 9.59 Å². The highest BCUT2D eigenvalue weighted by molar-refractivity contribution is 6.42. The molecular formula is C24H19Cl2FN2O3. The molecule has 0 aromatic heterocycles. The van der Waals surface area contributed by atoms with E-state index in [-0.39, 0.29) is 35.7 Å². The molecule has 1 aliphatic rings. The number of nitrogens with zero attached hydrogens (tertiary/aromatic N) is 1. The van der Waals surface area contributed by atoms with Crippen LogP contribution in [0.2, 0.25) is 10.0 Å². The maximum atomic E-state index is 14.2. The van der Waals surface area contributed by atoms with Gasteiger partial charge in [0.15, 0.2) is 6.10 Å². The van der Waals surface area contributed by atoms with Crippen LogP contribution in [0.1, 0.15) is 28.4 Å². The molecule has 1 N–H and O–H groups in total. The number of benzene rings is 3. The fraction of sp³-hybridized carbons (Fsp3) is 0.167. The molecule has 0 saturated carbocycles. The first kappa shape index (κ1) is 22.1. The Hall–Kier alpha value is -3.09. The van der Waals surface area contributed by atoms with Crippen LogP contribution in [0.4, 0.5) is 10.1 Å². The minimum Gasteiger partial charge on any atom is -0.481 e. The van der Waals surface area contributed by atoms with Crippen LogP contribution in [0.3, 0.4) is 0 Å². The van der Waals surface area contributed by atoms with E-state index in [1.54, 1.807) is 60.4 Å². The van der Waals surface area contributed by atoms with Crippen LogP contribution in [0.15, 0.2) is 60.7 Å². The third kappa shape index (κ3) is 4.71. The molecule has 0 fully saturated rings. The molecular weight excluding hydrogens is 454 g/mol. The maximum absolute atomic E-state index is 14.2. The van der Waals surface area contributed by atoms with E-state index in [1.807, 2.05) is 0 Å². The zero-order valence-electron chi connectivity index (χ0n) is 17.1. The van der Waals surface area contributed by atoms with Crippen LogP contribution in [-0.4, -0.2) is 22.8 Å². The van der Waals surface area contributed by atoms with E-state index < -0.39 is 6.10 Å². The van der Waals surface area contributed by atoms with Gasteiger partial charge in [-0.1, -0.05) is 41.4 Å². The number of ether oxygens (including phenoxy) is 1. The summed E-state index contributed by atoms with van der Waals surface area (Å²) in [5, 5.41) is 3.46. The first-order chi connectivity index (χ1) is 15.3. The van der Waals surface area contributed by atoms with Gasteiger partial charge in [0.05, 0.1) is 10.0 Å². The van der Waals surface area contributed by atoms with E-state index in [1.165, 1.54) is 12.1 Å². The van der Waals surface area contributed by atoms with Crippen molar-refractivity contribution in [1.82, 2.24) is 4.90 Å². The number of rotatable bonds is 4. The van der Waals surface area contributed by atoms with Crippen molar-refractivity contribution in [2.75, 3.05) is 5.32 Å². The van der Waals surface area contributed by atoms with Gasteiger partial charge >= 0.3 is 0 Å². The van der Waals surface area contributed by atoms with Crippen molar-refractivity contribution < 1.29 is 18.7 Å². The molecule has 4 rings (SSSR count). The molecule has 3 aromatic rings. The Kier molecular flexibility index (Phi) is 6.35. The van der Waals surface area contributed by atoms with E-state index in [2.05, 4.69) is 5.32 Å². The predicted octanol–water partition coefficient (Wildman–Crippen LogP) is 5.69. The number of anilines is 1. The quantitative estimate of drug-likeness (QED) is 0.530. The highest BCUT2D eigenvalue weighted by Crippen LogP contribution is 2.30. The lowest BCUT2D eigenvalue weighted by Gasteiger charge is -2.22. The first-order valence-corrected chi connectivity index (χ1v) is 10.7. The van der Waals surface area contributed by atoms with Gasteiger partial charge in [0.25, 0.3) is 11.8 Å². The highest BCUT2D eigenvalue weighted by atomic mass is 35.5. The number of carbonyl (C=O) groups excluding carboxylic acids is 2. The molecule has 1 atom stereocenters. The SMILES string of the molecule is CC1Oc2ccc(NC(=O)c3ccc(Cl)c(Cl)c3)cc2CN(Cc2ccccc2F)C1=O. The number of fused-ring (bicyclic) bond motifs is 1. The van der Waals surface area contributed by atoms with Gasteiger partial charge in [0, 0.05) is 35.5 Å². The van der Waals surface area contributed by atoms with Crippen LogP contribution >= 0.6 is 23.2 Å². The lowest BCUT2D eigenvalue weighted by Crippen LogP contribution is -2.37. The fourth-order valence-corrected chi connectivity index (χ4v) is 3.78. The fourth-order valence-electron chi connectivity index (χ4n) is 3.48. The molecule has 164 valence electrons. The van der Waals surface area contributed by atoms with Gasteiger partial charge in [0.2, 0.25) is 0 Å². The highest BCUT2D eigenvalue weighted by Gasteiger charge is 2.28. The smallest absolute Gasteiger partial charge is 0.263 e. The summed E-state index contributed by atoms with van der Waals surface area (Å²) < 4.78 is 20.0. The van der Waals surface area contributed by atoms with Crippen molar-refractivity contribution >= 4 is 40.7 Å². The molecule has 2 amide bonds. The Labute approximate surface area is 194 Å². The number of halogens is 3. The molecule has 1 aliphatic heterocycles. The zero-order valence-corrected chi connectivity index (χ0v) is 18.6. The molecule has 0 saturated heterocycles. The Morgan fingerprint density at radius 3 is 2.66 bits per heavy atom. The molecule has 3 aromatic carbocycles. The standard InChI is InChI=1S/C24H19Cl2FN2O3/c1-14-24(31)29(12-16-4-2-3-5-21(16)27)13-17-10-18(7-9-22(17)32-14)28-23(30)15-6-8-19(25)20(26)11-15/h2-11,14H,12-13H2,1H3,(H,28,30). The Balaban J connectivity index is 1.58. The molecule has 32 heavy (non-hydrogen) atoms. The van der Waals surface area contributed by atoms with Gasteiger partial charge < -0.3 is 15.0 Å². The van der Waals surface area contributed by atoms with Gasteiger partial charge in [-0.05, 0) is 49.4 Å². The van der Waals surface area contributed by atoms with Crippen LogP contribution in [0, 0.1) is 5.82 Å². The average molecular weight is 473 g/mol. The second-order valence-electron chi connectivity index (χ2n) is 7.45. The summed E-state index contributed by atoms with van der Waals surface area (Å²) in [4.78, 5) is 27.0. The van der Waals surface area contributed by atoms with Gasteiger partial charge in [0.1, 0.15) is 11.6 Å². The minimum absolute atomic E-state index is 0.110. The third-order valence-corrected chi connectivity index (χ3v) is 5.88. The number of carbonyl (C=O) groups is 2. The van der Waals surface area contributed by atoms with Gasteiger partial charge in [-0.15, -0.1) is 0 Å². The summed E-state index contributed by atoms with van der Waals surface area (Å²) >= 11 is 11.9. The largest absolute Gasteiger partial charge is 0.481 e. The molecule has 0 aliphatic carbocycles. The van der Waals surface area contributed by atoms with Crippen molar-refractivity contribution in [3.05, 3.63) is 93.2 Å². The lowest BCUT2D eigenvalue weighted by molar-refractivity contribution is -0.138. The monoisotopic (exact) mass is 472 g/mol. The van der Waals surface area contributed by atoms with Crippen molar-refractivity contribution in [3.63, 3.8) is 0 Å². The summed E-state index contributed by atoms with van der Waals surface area (Å²) in [6.07, 6.45) is -0.723. The molecule has 8 heteroatoms. The molecule has 1 unspecified atom stereocenters. The molecule has 1 heterocycles. The van der Waals surface area contributed by atoms with Crippen molar-refractivity contribution in [3.8, 4) is 5.75 Å². The predicted molar refractivity (Wildman–Crippen MR) is 122 cm³/mol. The number of hydrogen-bond acceptors (Lipinski definition) is 3. The van der Waals surface area contributed by atoms with E-state index in [0.717, 1.165) is 0 Å². The summed E-state index contributed by atoms with van der Waals surface area (Å²) in [5.41, 5.74) is 2.00. The van der Waals surface area contributed by atoms with Gasteiger partial charge in [-0.2, -0.15) is 0 Å². The summed E-state index contributed by atoms with van der Waals surface area (Å²) in [6, 6.07) is 16.1. The Bertz CT molecular complexity index is 1200. The van der Waals surface area contributed by atoms with Crippen molar-refractivity contribution in [2.45, 2.75) is 26.1 Å². The topological polar surface area (TPSA) is 58.6 Å². The molecule has 0 bridgehead atoms. The maximum Gasteiger partial charge on any atom is 0.263 e. The van der Waals surface area contributed by atoms with Crippen molar-refractivity contribution in [1.29, 1.82) is 0 Å². The van der Waals surface area contributed by atoms with Crippen LogP contribution in [-0.2, 0) is 17.9 Å². The van der Waals surface area contributed by atoms with E-state index >= 15 is 0 Å². The number of nitrogens with one attached hydrogen (secondary N) is 1. The Morgan fingerprint density at radius 2 is 1.91 bits per heavy atom. The minimum atomic E-state index is -0.723. The van der Waals surface area contributed by atoms with E-state index in [9.17, 15) is 14.0 Å². The van der Waals surface area contributed by atoms with Crippen LogP contribution < -0.4 is 10.1 Å². The van der Waals surface area contributed by atoms with Crippen LogP contribution in [0.5, 0.6) is 5.75 Å². The molecule has 5 nitrogen and oxygen atoms in total. The summed E-state index contributed by atoms with van der Waals surface area (Å²) in [6.45, 7) is 1.98. The zero-order chi connectivity index (χ0) is 22.8. The van der Waals surface area contributed by atoms with Gasteiger partial charge in [-0.25, -0.2) is 4.39 Å². The average Bonchev–Trinajstić information content (AvgIpc) is 2.88. The van der Waals surface area contributed by atoms with E-state index in [4.69, 9.17) is 27.9 Å². The van der Waals surface area contributed by atoms with Crippen molar-refractivity contribution in [2.24, 2.45) is 0 Å². The molecule has 0 radical (unpaired) electrons. The molecule has 0 spiro atoms. The number of amides is 2. The second-order valence-corrected chi connectivity index (χ2v) is 8.27. The summed E-state index contributed by atoms with van der Waals surface area (Å²) in [7, 11) is 0. The lowest BCUT2D eigenvalue weighted by atomic mass is 10.1. The Morgan fingerprint density at radius 1 is 1.12 bits per heavy atom. The van der Waals surface area contributed by atoms with Crippen LogP contribution in [0.25, 0.3) is 0 Å².